The molecule has 0 spiro atoms. The lowest BCUT2D eigenvalue weighted by Crippen LogP contribution is -2.12. The van der Waals surface area contributed by atoms with Gasteiger partial charge in [0, 0.05) is 7.05 Å². The number of hydrogen-bond acceptors (Lipinski definition) is 6. The van der Waals surface area contributed by atoms with E-state index in [1.54, 1.807) is 7.05 Å². The third kappa shape index (κ3) is 1.17. The predicted molar refractivity (Wildman–Crippen MR) is 57.1 cm³/mol. The van der Waals surface area contributed by atoms with Crippen molar-refractivity contribution in [1.29, 1.82) is 0 Å². The Labute approximate surface area is 93.9 Å². The van der Waals surface area contributed by atoms with Crippen LogP contribution in [0.3, 0.4) is 0 Å². The monoisotopic (exact) mass is 230 g/mol. The summed E-state index contributed by atoms with van der Waals surface area (Å²) in [6, 6.07) is 0. The van der Waals surface area contributed by atoms with Gasteiger partial charge in [-0.1, -0.05) is 0 Å². The fourth-order valence-corrected chi connectivity index (χ4v) is 1.64. The Balaban J connectivity index is 2.55. The standard InChI is InChI=1S/C9H6N6O2/c1-14-7-6(13-9(14)17)5-8(11-2-10-7)15(4-16)3-12-5/h2-4H,1H3. The quantitative estimate of drug-likeness (QED) is 0.501. The molecule has 0 aromatic carbocycles. The van der Waals surface area contributed by atoms with Crippen LogP contribution in [0.4, 0.5) is 0 Å². The van der Waals surface area contributed by atoms with Crippen LogP contribution in [-0.4, -0.2) is 35.5 Å². The molecule has 0 N–H and O–H groups in total. The molecular formula is C9H6N6O2. The average Bonchev–Trinajstić information content (AvgIpc) is 2.79. The van der Waals surface area contributed by atoms with Crippen LogP contribution in [0.2, 0.25) is 0 Å². The van der Waals surface area contributed by atoms with E-state index in [-0.39, 0.29) is 0 Å². The molecule has 1 aromatic rings. The molecule has 0 unspecified atom stereocenters. The zero-order chi connectivity index (χ0) is 12.0. The summed E-state index contributed by atoms with van der Waals surface area (Å²) in [5.74, 6) is 0.383. The van der Waals surface area contributed by atoms with Crippen LogP contribution in [0.15, 0.2) is 17.4 Å². The molecule has 2 aliphatic rings. The summed E-state index contributed by atoms with van der Waals surface area (Å²) in [5.41, 5.74) is 0.620. The van der Waals surface area contributed by atoms with Crippen molar-refractivity contribution in [1.82, 2.24) is 29.1 Å². The first-order valence-electron chi connectivity index (χ1n) is 4.72. The van der Waals surface area contributed by atoms with Gasteiger partial charge in [0.2, 0.25) is 6.41 Å². The van der Waals surface area contributed by atoms with E-state index in [0.717, 1.165) is 0 Å². The summed E-state index contributed by atoms with van der Waals surface area (Å²) in [5, 5.41) is 0. The number of hydrogen-bond donors (Lipinski definition) is 0. The van der Waals surface area contributed by atoms with E-state index in [2.05, 4.69) is 19.9 Å². The first-order chi connectivity index (χ1) is 8.22. The third-order valence-electron chi connectivity index (χ3n) is 2.49. The number of carbonyl (C=O) groups excluding carboxylic acids is 1. The third-order valence-corrected chi connectivity index (χ3v) is 2.49. The highest BCUT2D eigenvalue weighted by Crippen LogP contribution is 2.20. The minimum atomic E-state index is -0.416. The molecular weight excluding hydrogens is 224 g/mol. The molecule has 8 nitrogen and oxygen atoms in total. The Hall–Kier alpha value is -2.64. The predicted octanol–water partition coefficient (Wildman–Crippen LogP) is -0.937. The molecule has 0 atom stereocenters. The molecule has 0 aliphatic carbocycles. The lowest BCUT2D eigenvalue weighted by molar-refractivity contribution is 0.548. The van der Waals surface area contributed by atoms with E-state index in [1.807, 2.05) is 0 Å². The molecule has 1 aromatic heterocycles. The Bertz CT molecular complexity index is 758. The molecule has 0 fully saturated rings. The van der Waals surface area contributed by atoms with Gasteiger partial charge in [0.15, 0.2) is 11.5 Å². The van der Waals surface area contributed by atoms with Gasteiger partial charge in [-0.15, -0.1) is 0 Å². The maximum absolute atomic E-state index is 11.4. The van der Waals surface area contributed by atoms with Crippen molar-refractivity contribution in [2.75, 3.05) is 0 Å². The summed E-state index contributed by atoms with van der Waals surface area (Å²) in [6.45, 7) is 0. The smallest absolute Gasteiger partial charge is 0.278 e. The molecule has 0 bridgehead atoms. The molecule has 3 rings (SSSR count). The highest BCUT2D eigenvalue weighted by molar-refractivity contribution is 5.87. The van der Waals surface area contributed by atoms with E-state index in [0.29, 0.717) is 29.1 Å². The molecule has 2 aliphatic heterocycles. The van der Waals surface area contributed by atoms with Crippen molar-refractivity contribution in [3.8, 4) is 11.5 Å². The number of rotatable bonds is 1. The van der Waals surface area contributed by atoms with E-state index in [4.69, 9.17) is 0 Å². The second-order valence-electron chi connectivity index (χ2n) is 3.43. The fraction of sp³-hybridized carbons (Fsp3) is 0.111. The molecule has 0 saturated heterocycles. The van der Waals surface area contributed by atoms with Crippen molar-refractivity contribution in [2.45, 2.75) is 0 Å². The molecule has 0 radical (unpaired) electrons. The Morgan fingerprint density at radius 1 is 1.29 bits per heavy atom. The van der Waals surface area contributed by atoms with E-state index >= 15 is 0 Å². The second kappa shape index (κ2) is 3.17. The van der Waals surface area contributed by atoms with Gasteiger partial charge >= 0.3 is 5.69 Å². The van der Waals surface area contributed by atoms with Crippen LogP contribution < -0.4 is 5.69 Å². The summed E-state index contributed by atoms with van der Waals surface area (Å²) in [7, 11) is 1.56. The largest absolute Gasteiger partial charge is 0.349 e. The number of aromatic nitrogens is 6. The SMILES string of the molecule is Cn1c2ncnc3c(ncn3C=O)c-2nc1=O. The second-order valence-corrected chi connectivity index (χ2v) is 3.43. The fourth-order valence-electron chi connectivity index (χ4n) is 1.64. The van der Waals surface area contributed by atoms with Crippen molar-refractivity contribution in [3.63, 3.8) is 0 Å². The lowest BCUT2D eigenvalue weighted by atomic mass is 10.3. The summed E-state index contributed by atoms with van der Waals surface area (Å²) in [4.78, 5) is 38.1. The van der Waals surface area contributed by atoms with Gasteiger partial charge < -0.3 is 0 Å². The summed E-state index contributed by atoms with van der Waals surface area (Å²) in [6.07, 6.45) is 3.17. The van der Waals surface area contributed by atoms with Crippen LogP contribution in [0.5, 0.6) is 0 Å². The maximum Gasteiger partial charge on any atom is 0.349 e. The molecule has 3 heterocycles. The first kappa shape index (κ1) is 9.58. The Morgan fingerprint density at radius 3 is 2.88 bits per heavy atom. The van der Waals surface area contributed by atoms with E-state index < -0.39 is 5.69 Å². The average molecular weight is 230 g/mol. The van der Waals surface area contributed by atoms with Crippen LogP contribution >= 0.6 is 0 Å². The highest BCUT2D eigenvalue weighted by atomic mass is 16.1. The van der Waals surface area contributed by atoms with Gasteiger partial charge in [-0.25, -0.2) is 19.7 Å². The van der Waals surface area contributed by atoms with Gasteiger partial charge in [-0.2, -0.15) is 4.98 Å². The number of nitrogens with zero attached hydrogens (tertiary/aromatic N) is 6. The van der Waals surface area contributed by atoms with Crippen molar-refractivity contribution in [2.24, 2.45) is 7.05 Å². The molecule has 84 valence electrons. The van der Waals surface area contributed by atoms with Gasteiger partial charge in [0.1, 0.15) is 23.9 Å². The van der Waals surface area contributed by atoms with Gasteiger partial charge in [-0.3, -0.25) is 13.9 Å². The van der Waals surface area contributed by atoms with Crippen LogP contribution in [-0.2, 0) is 11.8 Å². The zero-order valence-electron chi connectivity index (χ0n) is 8.73. The lowest BCUT2D eigenvalue weighted by Gasteiger charge is -1.91. The first-order valence-corrected chi connectivity index (χ1v) is 4.72. The number of imidazole rings is 2. The van der Waals surface area contributed by atoms with Crippen molar-refractivity contribution < 1.29 is 4.79 Å². The normalized spacial score (nSPS) is 11.1. The van der Waals surface area contributed by atoms with Crippen LogP contribution in [0, 0.1) is 0 Å². The Morgan fingerprint density at radius 2 is 2.12 bits per heavy atom. The maximum atomic E-state index is 11.4. The van der Waals surface area contributed by atoms with Crippen molar-refractivity contribution >= 4 is 17.6 Å². The topological polar surface area (TPSA) is 95.6 Å². The summed E-state index contributed by atoms with van der Waals surface area (Å²) >= 11 is 0. The number of fused-ring (bicyclic) bond motifs is 3. The molecule has 0 saturated carbocycles. The van der Waals surface area contributed by atoms with E-state index in [1.165, 1.54) is 21.8 Å². The Kier molecular flexibility index (Phi) is 1.79. The van der Waals surface area contributed by atoms with Gasteiger partial charge in [0.25, 0.3) is 0 Å². The van der Waals surface area contributed by atoms with Gasteiger partial charge in [-0.05, 0) is 0 Å². The minimum absolute atomic E-state index is 0.320. The van der Waals surface area contributed by atoms with Crippen LogP contribution in [0.25, 0.3) is 22.7 Å². The number of carbonyl (C=O) groups is 1. The van der Waals surface area contributed by atoms with E-state index in [9.17, 15) is 9.59 Å². The minimum Gasteiger partial charge on any atom is -0.278 e. The zero-order valence-corrected chi connectivity index (χ0v) is 8.73. The molecule has 17 heavy (non-hydrogen) atoms. The summed E-state index contributed by atoms with van der Waals surface area (Å²) < 4.78 is 2.51. The molecule has 8 heteroatoms. The van der Waals surface area contributed by atoms with Gasteiger partial charge in [0.05, 0.1) is 0 Å². The highest BCUT2D eigenvalue weighted by Gasteiger charge is 2.18. The van der Waals surface area contributed by atoms with Crippen LogP contribution in [0.1, 0.15) is 0 Å². The molecule has 0 amide bonds. The van der Waals surface area contributed by atoms with Crippen molar-refractivity contribution in [3.05, 3.63) is 23.1 Å².